The third kappa shape index (κ3) is 4.05. The summed E-state index contributed by atoms with van der Waals surface area (Å²) in [6.07, 6.45) is -2.74. The molecule has 0 aliphatic heterocycles. The molecule has 1 aliphatic carbocycles. The summed E-state index contributed by atoms with van der Waals surface area (Å²) in [6.45, 7) is 3.78. The molecule has 2 N–H and O–H groups in total. The van der Waals surface area contributed by atoms with Crippen LogP contribution in [-0.4, -0.2) is 23.7 Å². The van der Waals surface area contributed by atoms with Crippen molar-refractivity contribution in [2.45, 2.75) is 50.7 Å². The molecule has 128 valence electrons. The van der Waals surface area contributed by atoms with E-state index in [1.165, 1.54) is 6.07 Å². The molecule has 1 aliphatic rings. The van der Waals surface area contributed by atoms with Crippen LogP contribution < -0.4 is 5.32 Å². The second-order valence-electron chi connectivity index (χ2n) is 6.64. The summed E-state index contributed by atoms with van der Waals surface area (Å²) in [5.41, 5.74) is -1.23. The number of hydrogen-bond acceptors (Lipinski definition) is 2. The van der Waals surface area contributed by atoms with Gasteiger partial charge in [0, 0.05) is 0 Å². The van der Waals surface area contributed by atoms with E-state index < -0.39 is 17.2 Å². The van der Waals surface area contributed by atoms with Gasteiger partial charge in [0.05, 0.1) is 23.6 Å². The molecule has 1 aromatic rings. The van der Waals surface area contributed by atoms with E-state index in [-0.39, 0.29) is 18.6 Å². The van der Waals surface area contributed by atoms with E-state index in [0.717, 1.165) is 12.1 Å². The molecule has 1 atom stereocenters. The SMILES string of the molecule is CC(C)CC(CO)NC(=O)C1(c2cccc(C(F)(F)F)c2)CC1. The van der Waals surface area contributed by atoms with Gasteiger partial charge in [0.1, 0.15) is 0 Å². The summed E-state index contributed by atoms with van der Waals surface area (Å²) >= 11 is 0. The highest BCUT2D eigenvalue weighted by molar-refractivity contribution is 5.91. The largest absolute Gasteiger partial charge is 0.416 e. The molecule has 1 aromatic carbocycles. The fourth-order valence-corrected chi connectivity index (χ4v) is 2.84. The standard InChI is InChI=1S/C17H22F3NO2/c1-11(2)8-14(10-22)21-15(23)16(6-7-16)12-4-3-5-13(9-12)17(18,19)20/h3-5,9,11,14,22H,6-8,10H2,1-2H3,(H,21,23). The number of carbonyl (C=O) groups excluding carboxylic acids is 1. The zero-order valence-corrected chi connectivity index (χ0v) is 13.3. The summed E-state index contributed by atoms with van der Waals surface area (Å²) in [5, 5.41) is 12.2. The van der Waals surface area contributed by atoms with Gasteiger partial charge in [-0.05, 0) is 36.8 Å². The zero-order chi connectivity index (χ0) is 17.3. The molecule has 0 heterocycles. The van der Waals surface area contributed by atoms with Gasteiger partial charge in [-0.15, -0.1) is 0 Å². The number of aliphatic hydroxyl groups excluding tert-OH is 1. The van der Waals surface area contributed by atoms with Crippen molar-refractivity contribution >= 4 is 5.91 Å². The Balaban J connectivity index is 2.17. The lowest BCUT2D eigenvalue weighted by Gasteiger charge is -2.23. The number of aliphatic hydroxyl groups is 1. The van der Waals surface area contributed by atoms with Gasteiger partial charge >= 0.3 is 6.18 Å². The van der Waals surface area contributed by atoms with Crippen molar-refractivity contribution in [3.05, 3.63) is 35.4 Å². The van der Waals surface area contributed by atoms with Crippen LogP contribution in [0.3, 0.4) is 0 Å². The first kappa shape index (κ1) is 17.8. The topological polar surface area (TPSA) is 49.3 Å². The highest BCUT2D eigenvalue weighted by Crippen LogP contribution is 2.49. The number of rotatable bonds is 6. The smallest absolute Gasteiger partial charge is 0.394 e. The molecule has 2 rings (SSSR count). The summed E-state index contributed by atoms with van der Waals surface area (Å²) in [6, 6.07) is 4.60. The minimum Gasteiger partial charge on any atom is -0.394 e. The summed E-state index contributed by atoms with van der Waals surface area (Å²) < 4.78 is 38.6. The van der Waals surface area contributed by atoms with Crippen molar-refractivity contribution in [3.63, 3.8) is 0 Å². The van der Waals surface area contributed by atoms with Crippen LogP contribution in [0.25, 0.3) is 0 Å². The molecule has 6 heteroatoms. The molecule has 1 saturated carbocycles. The fourth-order valence-electron chi connectivity index (χ4n) is 2.84. The maximum absolute atomic E-state index is 12.9. The first-order valence-corrected chi connectivity index (χ1v) is 7.78. The van der Waals surface area contributed by atoms with E-state index in [1.807, 2.05) is 13.8 Å². The van der Waals surface area contributed by atoms with Crippen molar-refractivity contribution in [2.24, 2.45) is 5.92 Å². The van der Waals surface area contributed by atoms with E-state index in [4.69, 9.17) is 0 Å². The lowest BCUT2D eigenvalue weighted by atomic mass is 9.92. The lowest BCUT2D eigenvalue weighted by molar-refractivity contribution is -0.137. The molecule has 3 nitrogen and oxygen atoms in total. The van der Waals surface area contributed by atoms with Crippen LogP contribution in [0.2, 0.25) is 0 Å². The van der Waals surface area contributed by atoms with Crippen LogP contribution in [0.15, 0.2) is 24.3 Å². The van der Waals surface area contributed by atoms with Crippen LogP contribution in [0, 0.1) is 5.92 Å². The maximum Gasteiger partial charge on any atom is 0.416 e. The molecule has 23 heavy (non-hydrogen) atoms. The molecule has 0 aromatic heterocycles. The minimum absolute atomic E-state index is 0.178. The molecule has 1 fully saturated rings. The lowest BCUT2D eigenvalue weighted by Crippen LogP contribution is -2.44. The Morgan fingerprint density at radius 3 is 2.48 bits per heavy atom. The summed E-state index contributed by atoms with van der Waals surface area (Å²) in [4.78, 5) is 12.5. The van der Waals surface area contributed by atoms with Crippen LogP contribution in [0.5, 0.6) is 0 Å². The molecule has 0 spiro atoms. The molecular formula is C17H22F3NO2. The number of hydrogen-bond donors (Lipinski definition) is 2. The average Bonchev–Trinajstić information content (AvgIpc) is 3.27. The normalized spacial score (nSPS) is 17.9. The van der Waals surface area contributed by atoms with E-state index in [1.54, 1.807) is 6.07 Å². The van der Waals surface area contributed by atoms with Crippen molar-refractivity contribution in [1.29, 1.82) is 0 Å². The molecule has 0 radical (unpaired) electrons. The highest BCUT2D eigenvalue weighted by Gasteiger charge is 2.52. The number of amides is 1. The van der Waals surface area contributed by atoms with Crippen LogP contribution in [0.4, 0.5) is 13.2 Å². The number of benzene rings is 1. The van der Waals surface area contributed by atoms with Crippen molar-refractivity contribution < 1.29 is 23.1 Å². The van der Waals surface area contributed by atoms with Gasteiger partial charge in [0.2, 0.25) is 5.91 Å². The Labute approximate surface area is 133 Å². The van der Waals surface area contributed by atoms with Crippen molar-refractivity contribution in [2.75, 3.05) is 6.61 Å². The van der Waals surface area contributed by atoms with Gasteiger partial charge < -0.3 is 10.4 Å². The average molecular weight is 329 g/mol. The molecule has 0 saturated heterocycles. The van der Waals surface area contributed by atoms with Gasteiger partial charge in [-0.3, -0.25) is 4.79 Å². The Morgan fingerprint density at radius 1 is 1.35 bits per heavy atom. The third-order valence-electron chi connectivity index (χ3n) is 4.24. The van der Waals surface area contributed by atoms with Crippen molar-refractivity contribution in [3.8, 4) is 0 Å². The quantitative estimate of drug-likeness (QED) is 0.842. The fraction of sp³-hybridized carbons (Fsp3) is 0.588. The second-order valence-corrected chi connectivity index (χ2v) is 6.64. The number of nitrogens with one attached hydrogen (secondary N) is 1. The van der Waals surface area contributed by atoms with Crippen molar-refractivity contribution in [1.82, 2.24) is 5.32 Å². The van der Waals surface area contributed by atoms with E-state index in [0.29, 0.717) is 30.7 Å². The van der Waals surface area contributed by atoms with Gasteiger partial charge in [0.25, 0.3) is 0 Å². The summed E-state index contributed by atoms with van der Waals surface area (Å²) in [7, 11) is 0. The number of carbonyl (C=O) groups is 1. The first-order valence-electron chi connectivity index (χ1n) is 7.78. The molecule has 1 amide bonds. The monoisotopic (exact) mass is 329 g/mol. The van der Waals surface area contributed by atoms with Gasteiger partial charge in [-0.25, -0.2) is 0 Å². The maximum atomic E-state index is 12.9. The zero-order valence-electron chi connectivity index (χ0n) is 13.3. The Bertz CT molecular complexity index is 565. The van der Waals surface area contributed by atoms with Crippen LogP contribution in [0.1, 0.15) is 44.2 Å². The molecular weight excluding hydrogens is 307 g/mol. The van der Waals surface area contributed by atoms with E-state index in [9.17, 15) is 23.1 Å². The van der Waals surface area contributed by atoms with Gasteiger partial charge in [0.15, 0.2) is 0 Å². The van der Waals surface area contributed by atoms with Crippen LogP contribution >= 0.6 is 0 Å². The van der Waals surface area contributed by atoms with Gasteiger partial charge in [-0.1, -0.05) is 32.0 Å². The van der Waals surface area contributed by atoms with E-state index >= 15 is 0 Å². The predicted molar refractivity (Wildman–Crippen MR) is 80.8 cm³/mol. The number of halogens is 3. The Kier molecular flexibility index (Phi) is 5.04. The predicted octanol–water partition coefficient (Wildman–Crippen LogP) is 3.26. The Hall–Kier alpha value is -1.56. The highest BCUT2D eigenvalue weighted by atomic mass is 19.4. The Morgan fingerprint density at radius 2 is 2.00 bits per heavy atom. The van der Waals surface area contributed by atoms with Crippen LogP contribution in [-0.2, 0) is 16.4 Å². The first-order chi connectivity index (χ1) is 10.7. The molecule has 0 bridgehead atoms. The minimum atomic E-state index is -4.42. The third-order valence-corrected chi connectivity index (χ3v) is 4.24. The molecule has 1 unspecified atom stereocenters. The number of alkyl halides is 3. The van der Waals surface area contributed by atoms with Gasteiger partial charge in [-0.2, -0.15) is 13.2 Å². The summed E-state index contributed by atoms with van der Waals surface area (Å²) in [5.74, 6) is 0.00712. The second kappa shape index (κ2) is 6.51. The van der Waals surface area contributed by atoms with E-state index in [2.05, 4.69) is 5.32 Å².